The molecular formula is C16H17ClN4O4S. The predicted octanol–water partition coefficient (Wildman–Crippen LogP) is 2.77. The van der Waals surface area contributed by atoms with Gasteiger partial charge in [-0.05, 0) is 30.1 Å². The van der Waals surface area contributed by atoms with E-state index in [-0.39, 0.29) is 18.8 Å². The predicted molar refractivity (Wildman–Crippen MR) is 99.1 cm³/mol. The van der Waals surface area contributed by atoms with E-state index in [2.05, 4.69) is 10.6 Å². The van der Waals surface area contributed by atoms with Crippen molar-refractivity contribution >= 4 is 40.6 Å². The van der Waals surface area contributed by atoms with Gasteiger partial charge in [0.1, 0.15) is 0 Å². The lowest BCUT2D eigenvalue weighted by molar-refractivity contribution is -0.384. The number of nitrogens with zero attached hydrogens (tertiary/aromatic N) is 2. The van der Waals surface area contributed by atoms with Crippen LogP contribution in [0, 0.1) is 10.1 Å². The second kappa shape index (κ2) is 9.27. The summed E-state index contributed by atoms with van der Waals surface area (Å²) in [6, 6.07) is 7.30. The van der Waals surface area contributed by atoms with Gasteiger partial charge in [-0.2, -0.15) is 0 Å². The lowest BCUT2D eigenvalue weighted by Gasteiger charge is -2.16. The van der Waals surface area contributed by atoms with Gasteiger partial charge in [-0.1, -0.05) is 17.7 Å². The number of halogens is 1. The van der Waals surface area contributed by atoms with Crippen molar-refractivity contribution in [3.8, 4) is 0 Å². The normalized spacial score (nSPS) is 10.6. The number of nitrogens with one attached hydrogen (secondary N) is 2. The maximum atomic E-state index is 11.9. The molecule has 138 valence electrons. The van der Waals surface area contributed by atoms with E-state index in [0.29, 0.717) is 17.1 Å². The largest absolute Gasteiger partial charge is 0.333 e. The number of thiophene rings is 1. The van der Waals surface area contributed by atoms with E-state index < -0.39 is 16.9 Å². The number of urea groups is 1. The number of amides is 3. The first-order chi connectivity index (χ1) is 12.3. The third-order valence-electron chi connectivity index (χ3n) is 3.35. The molecule has 8 nitrogen and oxygen atoms in total. The van der Waals surface area contributed by atoms with Crippen LogP contribution in [0.5, 0.6) is 0 Å². The van der Waals surface area contributed by atoms with Crippen LogP contribution in [-0.2, 0) is 17.9 Å². The van der Waals surface area contributed by atoms with E-state index in [9.17, 15) is 19.7 Å². The Kier molecular flexibility index (Phi) is 7.07. The molecule has 10 heteroatoms. The van der Waals surface area contributed by atoms with E-state index in [0.717, 1.165) is 4.88 Å². The fourth-order valence-corrected chi connectivity index (χ4v) is 3.00. The highest BCUT2D eigenvalue weighted by Gasteiger charge is 2.14. The van der Waals surface area contributed by atoms with Crippen molar-refractivity contribution in [1.29, 1.82) is 0 Å². The third kappa shape index (κ3) is 6.10. The van der Waals surface area contributed by atoms with Crippen LogP contribution in [0.4, 0.5) is 10.5 Å². The monoisotopic (exact) mass is 396 g/mol. The van der Waals surface area contributed by atoms with Crippen molar-refractivity contribution < 1.29 is 14.5 Å². The third-order valence-corrected chi connectivity index (χ3v) is 4.60. The van der Waals surface area contributed by atoms with Crippen LogP contribution < -0.4 is 10.6 Å². The molecule has 0 aliphatic heterocycles. The van der Waals surface area contributed by atoms with Crippen LogP contribution >= 0.6 is 22.9 Å². The van der Waals surface area contributed by atoms with Crippen molar-refractivity contribution in [2.45, 2.75) is 13.1 Å². The van der Waals surface area contributed by atoms with Gasteiger partial charge >= 0.3 is 6.03 Å². The van der Waals surface area contributed by atoms with Crippen LogP contribution in [0.2, 0.25) is 5.02 Å². The van der Waals surface area contributed by atoms with Crippen molar-refractivity contribution in [3.05, 3.63) is 61.3 Å². The Morgan fingerprint density at radius 3 is 2.77 bits per heavy atom. The van der Waals surface area contributed by atoms with E-state index in [1.165, 1.54) is 29.5 Å². The highest BCUT2D eigenvalue weighted by molar-refractivity contribution is 7.09. The zero-order valence-electron chi connectivity index (χ0n) is 13.9. The molecule has 1 heterocycles. The Morgan fingerprint density at radius 1 is 1.35 bits per heavy atom. The average Bonchev–Trinajstić information content (AvgIpc) is 3.08. The van der Waals surface area contributed by atoms with Crippen LogP contribution in [0.25, 0.3) is 0 Å². The highest BCUT2D eigenvalue weighted by atomic mass is 35.5. The summed E-state index contributed by atoms with van der Waals surface area (Å²) in [5.74, 6) is -0.488. The molecule has 0 atom stereocenters. The maximum absolute atomic E-state index is 11.9. The topological polar surface area (TPSA) is 105 Å². The van der Waals surface area contributed by atoms with Gasteiger partial charge in [0, 0.05) is 28.6 Å². The lowest BCUT2D eigenvalue weighted by Crippen LogP contribution is -2.43. The molecule has 0 aliphatic rings. The number of nitro benzene ring substituents is 1. The Hall–Kier alpha value is -2.49. The summed E-state index contributed by atoms with van der Waals surface area (Å²) in [7, 11) is 1.65. The number of imide groups is 1. The van der Waals surface area contributed by atoms with E-state index >= 15 is 0 Å². The molecule has 1 aromatic heterocycles. The molecule has 0 saturated heterocycles. The maximum Gasteiger partial charge on any atom is 0.321 e. The van der Waals surface area contributed by atoms with Gasteiger partial charge in [-0.25, -0.2) is 4.79 Å². The number of non-ortho nitro benzene ring substituents is 1. The van der Waals surface area contributed by atoms with Gasteiger partial charge in [0.05, 0.1) is 18.0 Å². The van der Waals surface area contributed by atoms with Crippen LogP contribution in [0.3, 0.4) is 0 Å². The summed E-state index contributed by atoms with van der Waals surface area (Å²) in [4.78, 5) is 36.5. The zero-order chi connectivity index (χ0) is 19.1. The molecule has 0 saturated carbocycles. The number of hydrogen-bond acceptors (Lipinski definition) is 6. The SMILES string of the molecule is CN(CC(=O)NC(=O)NCc1cccs1)Cc1cc([N+](=O)[O-])ccc1Cl. The number of likely N-dealkylation sites (N-methyl/N-ethyl adjacent to an activating group) is 1. The van der Waals surface area contributed by atoms with Crippen molar-refractivity contribution in [2.24, 2.45) is 0 Å². The Bertz CT molecular complexity index is 798. The molecule has 3 amide bonds. The molecule has 26 heavy (non-hydrogen) atoms. The molecule has 2 aromatic rings. The lowest BCUT2D eigenvalue weighted by atomic mass is 10.2. The number of carbonyl (C=O) groups excluding carboxylic acids is 2. The minimum Gasteiger partial charge on any atom is -0.333 e. The van der Waals surface area contributed by atoms with E-state index in [1.54, 1.807) is 11.9 Å². The van der Waals surface area contributed by atoms with Gasteiger partial charge in [0.15, 0.2) is 0 Å². The van der Waals surface area contributed by atoms with Crippen molar-refractivity contribution in [1.82, 2.24) is 15.5 Å². The molecule has 2 N–H and O–H groups in total. The zero-order valence-corrected chi connectivity index (χ0v) is 15.5. The van der Waals surface area contributed by atoms with Crippen LogP contribution in [0.15, 0.2) is 35.7 Å². The number of benzene rings is 1. The summed E-state index contributed by atoms with van der Waals surface area (Å²) in [6.07, 6.45) is 0. The molecule has 2 rings (SSSR count). The summed E-state index contributed by atoms with van der Waals surface area (Å²) in [5, 5.41) is 17.9. The molecule has 0 unspecified atom stereocenters. The number of hydrogen-bond donors (Lipinski definition) is 2. The molecule has 0 spiro atoms. The molecule has 1 aromatic carbocycles. The smallest absolute Gasteiger partial charge is 0.321 e. The summed E-state index contributed by atoms with van der Waals surface area (Å²) in [5.41, 5.74) is 0.452. The van der Waals surface area contributed by atoms with Gasteiger partial charge < -0.3 is 5.32 Å². The Labute approximate surface area is 158 Å². The second-order valence-corrected chi connectivity index (χ2v) is 6.95. The molecule has 0 aliphatic carbocycles. The van der Waals surface area contributed by atoms with Crippen molar-refractivity contribution in [3.63, 3.8) is 0 Å². The van der Waals surface area contributed by atoms with Gasteiger partial charge in [-0.15, -0.1) is 11.3 Å². The fraction of sp³-hybridized carbons (Fsp3) is 0.250. The minimum atomic E-state index is -0.579. The Morgan fingerprint density at radius 2 is 2.12 bits per heavy atom. The first kappa shape index (κ1) is 19.8. The van der Waals surface area contributed by atoms with Gasteiger partial charge in [-0.3, -0.25) is 25.1 Å². The highest BCUT2D eigenvalue weighted by Crippen LogP contribution is 2.23. The van der Waals surface area contributed by atoms with Gasteiger partial charge in [0.25, 0.3) is 5.69 Å². The van der Waals surface area contributed by atoms with E-state index in [4.69, 9.17) is 11.6 Å². The molecular weight excluding hydrogens is 380 g/mol. The molecule has 0 radical (unpaired) electrons. The quantitative estimate of drug-likeness (QED) is 0.553. The summed E-state index contributed by atoms with van der Waals surface area (Å²) < 4.78 is 0. The minimum absolute atomic E-state index is 0.0640. The average molecular weight is 397 g/mol. The van der Waals surface area contributed by atoms with Crippen molar-refractivity contribution in [2.75, 3.05) is 13.6 Å². The summed E-state index contributed by atoms with van der Waals surface area (Å²) >= 11 is 7.55. The van der Waals surface area contributed by atoms with E-state index in [1.807, 2.05) is 17.5 Å². The number of carbonyl (C=O) groups is 2. The van der Waals surface area contributed by atoms with Crippen LogP contribution in [-0.4, -0.2) is 35.4 Å². The Balaban J connectivity index is 1.82. The second-order valence-electron chi connectivity index (χ2n) is 5.52. The fourth-order valence-electron chi connectivity index (χ4n) is 2.18. The molecule has 0 bridgehead atoms. The number of rotatable bonds is 7. The van der Waals surface area contributed by atoms with Crippen LogP contribution in [0.1, 0.15) is 10.4 Å². The first-order valence-electron chi connectivity index (χ1n) is 7.56. The standard InChI is InChI=1S/C16H17ClN4O4S/c1-20(9-11-7-12(21(24)25)4-5-14(11)17)10-15(22)19-16(23)18-8-13-3-2-6-26-13/h2-7H,8-10H2,1H3,(H2,18,19,22,23). The summed E-state index contributed by atoms with van der Waals surface area (Å²) in [6.45, 7) is 0.506. The van der Waals surface area contributed by atoms with Gasteiger partial charge in [0.2, 0.25) is 5.91 Å². The first-order valence-corrected chi connectivity index (χ1v) is 8.82. The molecule has 0 fully saturated rings. The number of nitro groups is 1.